The van der Waals surface area contributed by atoms with Crippen LogP contribution < -0.4 is 15.4 Å². The van der Waals surface area contributed by atoms with Gasteiger partial charge in [-0.2, -0.15) is 5.26 Å². The SMILES string of the molecule is CNC1COCC1C(=O)Nc1c(C#N)cccc1OC. The van der Waals surface area contributed by atoms with Crippen LogP contribution in [0.4, 0.5) is 5.69 Å². The van der Waals surface area contributed by atoms with Crippen LogP contribution in [0.1, 0.15) is 5.56 Å². The van der Waals surface area contributed by atoms with Gasteiger partial charge in [0.05, 0.1) is 31.8 Å². The van der Waals surface area contributed by atoms with Gasteiger partial charge in [0.2, 0.25) is 5.91 Å². The number of ether oxygens (including phenoxy) is 2. The maximum Gasteiger partial charge on any atom is 0.231 e. The number of carbonyl (C=O) groups is 1. The molecule has 0 spiro atoms. The topological polar surface area (TPSA) is 83.4 Å². The molecule has 0 radical (unpaired) electrons. The van der Waals surface area contributed by atoms with E-state index in [1.807, 2.05) is 6.07 Å². The molecule has 1 saturated heterocycles. The van der Waals surface area contributed by atoms with Crippen molar-refractivity contribution in [3.63, 3.8) is 0 Å². The van der Waals surface area contributed by atoms with Gasteiger partial charge >= 0.3 is 0 Å². The molecule has 2 N–H and O–H groups in total. The van der Waals surface area contributed by atoms with Crippen molar-refractivity contribution in [1.29, 1.82) is 5.26 Å². The molecule has 1 fully saturated rings. The highest BCUT2D eigenvalue weighted by Gasteiger charge is 2.33. The molecule has 1 amide bonds. The van der Waals surface area contributed by atoms with Crippen LogP contribution in [-0.4, -0.2) is 39.3 Å². The summed E-state index contributed by atoms with van der Waals surface area (Å²) in [5.41, 5.74) is 0.780. The van der Waals surface area contributed by atoms with E-state index in [2.05, 4.69) is 10.6 Å². The minimum atomic E-state index is -0.281. The molecule has 2 rings (SSSR count). The van der Waals surface area contributed by atoms with Crippen molar-refractivity contribution >= 4 is 11.6 Å². The number of hydrogen-bond donors (Lipinski definition) is 2. The van der Waals surface area contributed by atoms with Gasteiger partial charge in [0.1, 0.15) is 17.5 Å². The molecule has 0 aliphatic carbocycles. The Morgan fingerprint density at radius 3 is 2.95 bits per heavy atom. The van der Waals surface area contributed by atoms with Crippen molar-refractivity contribution < 1.29 is 14.3 Å². The van der Waals surface area contributed by atoms with Crippen LogP contribution >= 0.6 is 0 Å². The third kappa shape index (κ3) is 2.74. The zero-order valence-electron chi connectivity index (χ0n) is 11.5. The Morgan fingerprint density at radius 2 is 2.30 bits per heavy atom. The molecule has 6 nitrogen and oxygen atoms in total. The van der Waals surface area contributed by atoms with Crippen molar-refractivity contribution in [2.45, 2.75) is 6.04 Å². The average molecular weight is 275 g/mol. The molecule has 1 aliphatic heterocycles. The number of nitrogens with zero attached hydrogens (tertiary/aromatic N) is 1. The number of nitriles is 1. The van der Waals surface area contributed by atoms with Crippen LogP contribution in [0.2, 0.25) is 0 Å². The fourth-order valence-electron chi connectivity index (χ4n) is 2.24. The molecule has 1 aromatic carbocycles. The van der Waals surface area contributed by atoms with Gasteiger partial charge in [-0.1, -0.05) is 6.07 Å². The second kappa shape index (κ2) is 6.37. The van der Waals surface area contributed by atoms with Gasteiger partial charge in [-0.05, 0) is 19.2 Å². The van der Waals surface area contributed by atoms with Crippen LogP contribution in [0.15, 0.2) is 18.2 Å². The summed E-state index contributed by atoms with van der Waals surface area (Å²) in [5, 5.41) is 15.0. The van der Waals surface area contributed by atoms with E-state index >= 15 is 0 Å². The predicted octanol–water partition coefficient (Wildman–Crippen LogP) is 0.740. The van der Waals surface area contributed by atoms with Crippen LogP contribution in [0.25, 0.3) is 0 Å². The highest BCUT2D eigenvalue weighted by Crippen LogP contribution is 2.29. The first-order valence-corrected chi connectivity index (χ1v) is 6.34. The maximum absolute atomic E-state index is 12.3. The largest absolute Gasteiger partial charge is 0.495 e. The first-order chi connectivity index (χ1) is 9.71. The van der Waals surface area contributed by atoms with E-state index in [1.165, 1.54) is 7.11 Å². The van der Waals surface area contributed by atoms with Gasteiger partial charge in [0.25, 0.3) is 0 Å². The van der Waals surface area contributed by atoms with E-state index in [-0.39, 0.29) is 17.9 Å². The molecular weight excluding hydrogens is 258 g/mol. The molecule has 6 heteroatoms. The number of likely N-dealkylation sites (N-methyl/N-ethyl adjacent to an activating group) is 1. The standard InChI is InChI=1S/C14H17N3O3/c1-16-11-8-20-7-10(11)14(18)17-13-9(6-15)4-3-5-12(13)19-2/h3-5,10-11,16H,7-8H2,1-2H3,(H,17,18). The Labute approximate surface area is 117 Å². The van der Waals surface area contributed by atoms with Gasteiger partial charge in [-0.3, -0.25) is 4.79 Å². The second-order valence-electron chi connectivity index (χ2n) is 4.52. The van der Waals surface area contributed by atoms with Crippen LogP contribution in [0, 0.1) is 17.2 Å². The number of amides is 1. The Morgan fingerprint density at radius 1 is 1.50 bits per heavy atom. The van der Waals surface area contributed by atoms with Crippen molar-refractivity contribution in [3.8, 4) is 11.8 Å². The number of methoxy groups -OCH3 is 1. The van der Waals surface area contributed by atoms with Crippen LogP contribution in [0.3, 0.4) is 0 Å². The predicted molar refractivity (Wildman–Crippen MR) is 73.5 cm³/mol. The third-order valence-electron chi connectivity index (χ3n) is 3.40. The molecule has 1 heterocycles. The lowest BCUT2D eigenvalue weighted by Crippen LogP contribution is -2.39. The Bertz CT molecular complexity index is 539. The summed E-state index contributed by atoms with van der Waals surface area (Å²) >= 11 is 0. The quantitative estimate of drug-likeness (QED) is 0.846. The summed E-state index contributed by atoms with van der Waals surface area (Å²) in [6.45, 7) is 0.875. The summed E-state index contributed by atoms with van der Waals surface area (Å²) in [4.78, 5) is 12.3. The van der Waals surface area contributed by atoms with Gasteiger partial charge in [0.15, 0.2) is 0 Å². The minimum absolute atomic E-state index is 0.0183. The summed E-state index contributed by atoms with van der Waals surface area (Å²) < 4.78 is 10.5. The molecule has 2 atom stereocenters. The number of anilines is 1. The zero-order chi connectivity index (χ0) is 14.5. The Hall–Kier alpha value is -2.10. The third-order valence-corrected chi connectivity index (χ3v) is 3.40. The molecule has 20 heavy (non-hydrogen) atoms. The van der Waals surface area contributed by atoms with Crippen molar-refractivity contribution in [1.82, 2.24) is 5.32 Å². The van der Waals surface area contributed by atoms with E-state index < -0.39 is 0 Å². The van der Waals surface area contributed by atoms with Crippen LogP contribution in [0.5, 0.6) is 5.75 Å². The maximum atomic E-state index is 12.3. The number of para-hydroxylation sites is 1. The highest BCUT2D eigenvalue weighted by atomic mass is 16.5. The second-order valence-corrected chi connectivity index (χ2v) is 4.52. The number of benzene rings is 1. The molecule has 0 bridgehead atoms. The lowest BCUT2D eigenvalue weighted by Gasteiger charge is -2.18. The van der Waals surface area contributed by atoms with E-state index in [1.54, 1.807) is 25.2 Å². The summed E-state index contributed by atoms with van der Waals surface area (Å²) in [6.07, 6.45) is 0. The molecule has 2 unspecified atom stereocenters. The molecule has 1 aromatic rings. The number of hydrogen-bond acceptors (Lipinski definition) is 5. The van der Waals surface area contributed by atoms with Crippen molar-refractivity contribution in [3.05, 3.63) is 23.8 Å². The molecule has 0 saturated carbocycles. The highest BCUT2D eigenvalue weighted by molar-refractivity contribution is 5.96. The summed E-state index contributed by atoms with van der Waals surface area (Å²) in [6, 6.07) is 7.09. The van der Waals surface area contributed by atoms with E-state index in [0.717, 1.165) is 0 Å². The number of nitrogens with one attached hydrogen (secondary N) is 2. The van der Waals surface area contributed by atoms with Crippen molar-refractivity contribution in [2.75, 3.05) is 32.7 Å². The van der Waals surface area contributed by atoms with E-state index in [4.69, 9.17) is 14.7 Å². The lowest BCUT2D eigenvalue weighted by atomic mass is 10.0. The normalized spacial score (nSPS) is 21.2. The van der Waals surface area contributed by atoms with E-state index in [0.29, 0.717) is 30.2 Å². The Kier molecular flexibility index (Phi) is 4.56. The number of carbonyl (C=O) groups excluding carboxylic acids is 1. The minimum Gasteiger partial charge on any atom is -0.495 e. The first-order valence-electron chi connectivity index (χ1n) is 6.34. The van der Waals surface area contributed by atoms with Gasteiger partial charge in [-0.15, -0.1) is 0 Å². The molecule has 1 aliphatic rings. The fraction of sp³-hybridized carbons (Fsp3) is 0.429. The number of rotatable bonds is 4. The molecular formula is C14H17N3O3. The van der Waals surface area contributed by atoms with Gasteiger partial charge in [0, 0.05) is 6.04 Å². The van der Waals surface area contributed by atoms with Crippen LogP contribution in [-0.2, 0) is 9.53 Å². The molecule has 0 aromatic heterocycles. The van der Waals surface area contributed by atoms with Gasteiger partial charge < -0.3 is 20.1 Å². The summed E-state index contributed by atoms with van der Waals surface area (Å²) in [5.74, 6) is 0.0108. The smallest absolute Gasteiger partial charge is 0.231 e. The summed E-state index contributed by atoms with van der Waals surface area (Å²) in [7, 11) is 3.30. The fourth-order valence-corrected chi connectivity index (χ4v) is 2.24. The average Bonchev–Trinajstić information content (AvgIpc) is 2.95. The Balaban J connectivity index is 2.21. The molecule has 106 valence electrons. The van der Waals surface area contributed by atoms with Gasteiger partial charge in [-0.25, -0.2) is 0 Å². The van der Waals surface area contributed by atoms with Crippen molar-refractivity contribution in [2.24, 2.45) is 5.92 Å². The lowest BCUT2D eigenvalue weighted by molar-refractivity contribution is -0.120. The first kappa shape index (κ1) is 14.3. The zero-order valence-corrected chi connectivity index (χ0v) is 11.5. The monoisotopic (exact) mass is 275 g/mol. The van der Waals surface area contributed by atoms with E-state index in [9.17, 15) is 4.79 Å².